The van der Waals surface area contributed by atoms with E-state index in [2.05, 4.69) is 32.7 Å². The summed E-state index contributed by atoms with van der Waals surface area (Å²) in [7, 11) is 1.45. The van der Waals surface area contributed by atoms with Crippen molar-refractivity contribution in [3.8, 4) is 23.3 Å². The van der Waals surface area contributed by atoms with Crippen molar-refractivity contribution in [3.63, 3.8) is 0 Å². The number of carbonyl (C=O) groups is 6. The van der Waals surface area contributed by atoms with Crippen LogP contribution >= 0.6 is 0 Å². The predicted molar refractivity (Wildman–Crippen MR) is 268 cm³/mol. The summed E-state index contributed by atoms with van der Waals surface area (Å²) in [6, 6.07) is 9.38. The lowest BCUT2D eigenvalue weighted by Gasteiger charge is -2.35. The minimum Gasteiger partial charge on any atom is -0.494 e. The first-order valence-corrected chi connectivity index (χ1v) is 24.0. The zero-order valence-corrected chi connectivity index (χ0v) is 41.3. The molecule has 73 heavy (non-hydrogen) atoms. The molecule has 0 unspecified atom stereocenters. The molecule has 0 radical (unpaired) electrons. The number of carbonyl (C=O) groups excluding carboxylic acids is 5. The molecule has 7 N–H and O–H groups in total. The normalized spacial score (nSPS) is 14.4. The predicted octanol–water partition coefficient (Wildman–Crippen LogP) is 4.41. The van der Waals surface area contributed by atoms with Crippen molar-refractivity contribution in [1.82, 2.24) is 48.5 Å². The van der Waals surface area contributed by atoms with Crippen molar-refractivity contribution in [2.75, 3.05) is 50.5 Å². The van der Waals surface area contributed by atoms with Gasteiger partial charge in [-0.2, -0.15) is 10.2 Å². The number of nitrogens with two attached hydrogens (primary N) is 2. The molecular formula is C50H58N14O9. The van der Waals surface area contributed by atoms with Gasteiger partial charge >= 0.3 is 6.09 Å². The van der Waals surface area contributed by atoms with Crippen LogP contribution in [0.5, 0.6) is 11.5 Å². The fourth-order valence-corrected chi connectivity index (χ4v) is 9.31. The molecule has 23 heteroatoms. The summed E-state index contributed by atoms with van der Waals surface area (Å²) in [5.41, 5.74) is 15.2. The molecule has 0 atom stereocenters. The highest BCUT2D eigenvalue weighted by Gasteiger charge is 2.32. The minimum atomic E-state index is -0.965. The Balaban J connectivity index is 1.08. The van der Waals surface area contributed by atoms with Gasteiger partial charge in [0.2, 0.25) is 29.6 Å². The molecule has 2 aliphatic heterocycles. The van der Waals surface area contributed by atoms with Crippen LogP contribution in [0.2, 0.25) is 0 Å². The number of methoxy groups -OCH3 is 1. The Morgan fingerprint density at radius 1 is 0.712 bits per heavy atom. The van der Waals surface area contributed by atoms with Crippen molar-refractivity contribution >= 4 is 69.6 Å². The number of hydrogen-bond donors (Lipinski definition) is 5. The molecule has 8 rings (SSSR count). The van der Waals surface area contributed by atoms with E-state index < -0.39 is 29.7 Å². The molecule has 0 bridgehead atoms. The zero-order valence-electron chi connectivity index (χ0n) is 41.3. The van der Waals surface area contributed by atoms with Crippen molar-refractivity contribution in [1.29, 1.82) is 0 Å². The lowest BCUT2D eigenvalue weighted by Crippen LogP contribution is -2.46. The number of ether oxygens (including phenoxy) is 2. The van der Waals surface area contributed by atoms with E-state index in [1.807, 2.05) is 30.9 Å². The number of nitrogens with one attached hydrogen (secondary N) is 2. The number of anilines is 2. The number of allylic oxidation sites excluding steroid dienone is 2. The number of likely N-dealkylation sites (tertiary alicyclic amines) is 2. The Kier molecular flexibility index (Phi) is 15.1. The second-order valence-corrected chi connectivity index (χ2v) is 17.8. The lowest BCUT2D eigenvalue weighted by atomic mass is 9.92. The van der Waals surface area contributed by atoms with Gasteiger partial charge in [-0.15, -0.1) is 0 Å². The smallest absolute Gasteiger partial charge is 0.407 e. The van der Waals surface area contributed by atoms with Crippen LogP contribution in [0.1, 0.15) is 92.6 Å². The zero-order chi connectivity index (χ0) is 52.1. The van der Waals surface area contributed by atoms with E-state index in [9.17, 15) is 33.9 Å². The number of imidazole rings is 2. The van der Waals surface area contributed by atoms with Crippen LogP contribution in [0.25, 0.3) is 22.1 Å². The van der Waals surface area contributed by atoms with Gasteiger partial charge in [0.15, 0.2) is 0 Å². The van der Waals surface area contributed by atoms with Crippen LogP contribution in [-0.4, -0.2) is 129 Å². The highest BCUT2D eigenvalue weighted by Crippen LogP contribution is 2.33. The van der Waals surface area contributed by atoms with Crippen molar-refractivity contribution in [2.24, 2.45) is 23.3 Å². The standard InChI is InChI=1S/C50H58N14O9/c1-6-63-37(23-29(3)57-63)45(67)55-48-53-35-25-33(43(51)65)27-39(72-5)41(35)61(48)16-8-9-17-62-42-36(54-49(62)56-46(68)38-24-30(4)58-64(38)7-2)26-34(44(52)66)28-40(42)73-22-10-11-31-12-18-59(19-13-31)47(69)32-14-20-60(21-15-32)50(70)71/h8-9,23-28,31-32H,6-7,12-22H2,1-5H3,(H2,51,65)(H2,52,66)(H,70,71)(H,53,55,67)(H,54,56,68)/b9-8+. The maximum atomic E-state index is 13.9. The van der Waals surface area contributed by atoms with Crippen LogP contribution in [0.15, 0.2) is 48.6 Å². The Morgan fingerprint density at radius 2 is 1.19 bits per heavy atom. The summed E-state index contributed by atoms with van der Waals surface area (Å²) in [5, 5.41) is 24.0. The minimum absolute atomic E-state index is 0.00632. The number of aryl methyl sites for hydroxylation is 4. The van der Waals surface area contributed by atoms with Gasteiger partial charge in [0, 0.05) is 75.3 Å². The second-order valence-electron chi connectivity index (χ2n) is 17.8. The number of piperidine rings is 2. The molecule has 382 valence electrons. The number of amides is 6. The first kappa shape index (κ1) is 50.7. The van der Waals surface area contributed by atoms with Gasteiger partial charge in [-0.1, -0.05) is 24.0 Å². The fraction of sp³-hybridized carbons (Fsp3) is 0.400. The van der Waals surface area contributed by atoms with Gasteiger partial charge in [-0.3, -0.25) is 44.0 Å². The van der Waals surface area contributed by atoms with Crippen LogP contribution in [-0.2, 0) is 31.0 Å². The van der Waals surface area contributed by atoms with Gasteiger partial charge in [-0.05, 0) is 89.8 Å². The second kappa shape index (κ2) is 21.8. The summed E-state index contributed by atoms with van der Waals surface area (Å²) in [6.07, 6.45) is 5.02. The molecule has 6 aromatic rings. The van der Waals surface area contributed by atoms with Crippen LogP contribution in [0.4, 0.5) is 16.7 Å². The number of rotatable bonds is 16. The number of benzene rings is 2. The van der Waals surface area contributed by atoms with E-state index >= 15 is 0 Å². The molecule has 0 saturated carbocycles. The molecule has 23 nitrogen and oxygen atoms in total. The van der Waals surface area contributed by atoms with Gasteiger partial charge in [0.05, 0.1) is 29.5 Å². The van der Waals surface area contributed by atoms with Crippen molar-refractivity contribution in [2.45, 2.75) is 79.6 Å². The maximum Gasteiger partial charge on any atom is 0.407 e. The summed E-state index contributed by atoms with van der Waals surface area (Å²) < 4.78 is 18.6. The molecule has 2 aliphatic rings. The molecule has 4 aromatic heterocycles. The number of aromatic nitrogens is 8. The third-order valence-corrected chi connectivity index (χ3v) is 13.0. The highest BCUT2D eigenvalue weighted by atomic mass is 16.5. The van der Waals surface area contributed by atoms with Gasteiger partial charge in [0.25, 0.3) is 11.8 Å². The number of primary amides is 2. The summed E-state index contributed by atoms with van der Waals surface area (Å²) in [6.45, 7) is 10.1. The third-order valence-electron chi connectivity index (χ3n) is 13.0. The fourth-order valence-electron chi connectivity index (χ4n) is 9.31. The molecular weight excluding hydrogens is 941 g/mol. The Morgan fingerprint density at radius 3 is 1.66 bits per heavy atom. The summed E-state index contributed by atoms with van der Waals surface area (Å²) >= 11 is 0. The highest BCUT2D eigenvalue weighted by molar-refractivity contribution is 6.05. The van der Waals surface area contributed by atoms with Crippen LogP contribution in [0.3, 0.4) is 0 Å². The Labute approximate surface area is 419 Å². The van der Waals surface area contributed by atoms with Crippen LogP contribution < -0.4 is 31.6 Å². The largest absolute Gasteiger partial charge is 0.494 e. The molecule has 6 heterocycles. The maximum absolute atomic E-state index is 13.9. The first-order chi connectivity index (χ1) is 35.1. The van der Waals surface area contributed by atoms with E-state index in [0.29, 0.717) is 110 Å². The molecule has 0 aliphatic carbocycles. The topological polar surface area (TPSA) is 295 Å². The molecule has 2 saturated heterocycles. The quantitative estimate of drug-likeness (QED) is 0.0664. The number of carboxylic acid groups (broad SMARTS) is 1. The van der Waals surface area contributed by atoms with Gasteiger partial charge in [0.1, 0.15) is 40.5 Å². The molecule has 0 spiro atoms. The van der Waals surface area contributed by atoms with E-state index in [-0.39, 0.29) is 72.0 Å². The van der Waals surface area contributed by atoms with Gasteiger partial charge in [-0.25, -0.2) is 14.8 Å². The monoisotopic (exact) mass is 998 g/mol. The first-order valence-electron chi connectivity index (χ1n) is 24.0. The number of hydrogen-bond acceptors (Lipinski definition) is 12. The Hall–Kier alpha value is -8.68. The van der Waals surface area contributed by atoms with Crippen molar-refractivity contribution < 1.29 is 43.3 Å². The molecule has 2 aromatic carbocycles. The van der Waals surface area contributed by atoms with E-state index in [4.69, 9.17) is 30.9 Å². The summed E-state index contributed by atoms with van der Waals surface area (Å²) in [4.78, 5) is 90.0. The number of fused-ring (bicyclic) bond motifs is 2. The third kappa shape index (κ3) is 11.0. The van der Waals surface area contributed by atoms with E-state index in [0.717, 1.165) is 0 Å². The Bertz CT molecular complexity index is 3230. The molecule has 2 fully saturated rings. The van der Waals surface area contributed by atoms with E-state index in [1.54, 1.807) is 44.5 Å². The average Bonchev–Trinajstić information content (AvgIpc) is 4.15. The lowest BCUT2D eigenvalue weighted by molar-refractivity contribution is -0.138. The SMILES string of the molecule is CCn1nc(C)cc1C(=O)Nc1nc2cc(C(N)=O)cc(OC)c2n1C/C=C/Cn1c(NC(=O)c2cc(C)nn2CC)nc2cc(C(N)=O)cc(OCC#CC3CCN(C(=O)C4CCN(C(=O)O)CC4)CC3)c21. The van der Waals surface area contributed by atoms with Crippen LogP contribution in [0, 0.1) is 37.5 Å². The summed E-state index contributed by atoms with van der Waals surface area (Å²) in [5.74, 6) is 4.72. The number of nitrogens with zero attached hydrogens (tertiary/aromatic N) is 10. The van der Waals surface area contributed by atoms with Crippen molar-refractivity contribution in [3.05, 3.63) is 82.5 Å². The molecule has 6 amide bonds. The van der Waals surface area contributed by atoms with E-state index in [1.165, 1.54) is 36.3 Å². The van der Waals surface area contributed by atoms with Gasteiger partial charge < -0.3 is 45.0 Å². The average molecular weight is 999 g/mol.